The molecule has 1 unspecified atom stereocenters. The van der Waals surface area contributed by atoms with Gasteiger partial charge in [0.15, 0.2) is 5.82 Å². The van der Waals surface area contributed by atoms with Crippen LogP contribution in [-0.2, 0) is 30.6 Å². The van der Waals surface area contributed by atoms with E-state index < -0.39 is 57.3 Å². The van der Waals surface area contributed by atoms with Crippen molar-refractivity contribution in [2.45, 2.75) is 63.6 Å². The van der Waals surface area contributed by atoms with Crippen molar-refractivity contribution in [3.05, 3.63) is 95.2 Å². The van der Waals surface area contributed by atoms with Crippen molar-refractivity contribution in [2.75, 3.05) is 79.0 Å². The molecule has 1 aromatic heterocycles. The van der Waals surface area contributed by atoms with Crippen LogP contribution >= 0.6 is 0 Å². The first-order valence-corrected chi connectivity index (χ1v) is 24.5. The number of anilines is 5. The van der Waals surface area contributed by atoms with Crippen LogP contribution in [0.1, 0.15) is 83.2 Å². The number of rotatable bonds is 20. The number of aromatic nitrogens is 2. The minimum absolute atomic E-state index is 0.0379. The molecule has 0 saturated carbocycles. The zero-order chi connectivity index (χ0) is 49.3. The largest absolute Gasteiger partial charge is 0.421 e. The maximum Gasteiger partial charge on any atom is 0.421 e. The first-order valence-electron chi connectivity index (χ1n) is 22.7. The number of aliphatic imine (C=N–C) groups is 1. The second-order valence-electron chi connectivity index (χ2n) is 16.9. The lowest BCUT2D eigenvalue weighted by atomic mass is 10.0. The Kier molecular flexibility index (Phi) is 15.9. The summed E-state index contributed by atoms with van der Waals surface area (Å²) in [4.78, 5) is 80.4. The van der Waals surface area contributed by atoms with E-state index in [1.807, 2.05) is 12.1 Å². The molecule has 0 spiro atoms. The third-order valence-corrected chi connectivity index (χ3v) is 13.3. The van der Waals surface area contributed by atoms with Gasteiger partial charge in [0, 0.05) is 94.2 Å². The minimum Gasteiger partial charge on any atom is -0.383 e. The summed E-state index contributed by atoms with van der Waals surface area (Å²) < 4.78 is 67.1. The summed E-state index contributed by atoms with van der Waals surface area (Å²) in [5, 5.41) is 11.2. The fraction of sp³-hybridized carbons (Fsp3) is 0.404. The molecule has 2 fully saturated rings. The van der Waals surface area contributed by atoms with Gasteiger partial charge in [-0.05, 0) is 68.3 Å². The van der Waals surface area contributed by atoms with Crippen molar-refractivity contribution in [1.29, 1.82) is 0 Å². The van der Waals surface area contributed by atoms with Crippen molar-refractivity contribution in [1.82, 2.24) is 30.4 Å². The molecule has 3 aliphatic heterocycles. The number of nitrogens with zero attached hydrogens (tertiary/aromatic N) is 7. The van der Waals surface area contributed by atoms with Crippen molar-refractivity contribution < 1.29 is 45.6 Å². The number of unbranched alkanes of at least 4 members (excludes halogenated alkanes) is 4. The predicted octanol–water partition coefficient (Wildman–Crippen LogP) is 5.48. The number of sulfonamides is 1. The third-order valence-electron chi connectivity index (χ3n) is 12.1. The Morgan fingerprint density at radius 1 is 0.913 bits per heavy atom. The third kappa shape index (κ3) is 12.6. The lowest BCUT2D eigenvalue weighted by molar-refractivity contribution is -0.138. The van der Waals surface area contributed by atoms with Crippen LogP contribution < -0.4 is 30.5 Å². The van der Waals surface area contributed by atoms with Crippen LogP contribution in [0.4, 0.5) is 47.7 Å². The highest BCUT2D eigenvalue weighted by molar-refractivity contribution is 7.92. The van der Waals surface area contributed by atoms with Crippen LogP contribution in [0, 0.1) is 0 Å². The number of piperidine rings is 1. The highest BCUT2D eigenvalue weighted by Gasteiger charge is 2.45. The van der Waals surface area contributed by atoms with Gasteiger partial charge in [-0.15, -0.1) is 0 Å². The molecular formula is C47H54F3N11O7S. The fourth-order valence-corrected chi connectivity index (χ4v) is 8.86. The van der Waals surface area contributed by atoms with Gasteiger partial charge in [-0.2, -0.15) is 18.2 Å². The zero-order valence-corrected chi connectivity index (χ0v) is 39.0. The molecule has 5 amide bonds. The van der Waals surface area contributed by atoms with Crippen molar-refractivity contribution in [3.63, 3.8) is 0 Å². The number of fused-ring (bicyclic) bond motifs is 1. The maximum atomic E-state index is 13.9. The second-order valence-corrected chi connectivity index (χ2v) is 19.0. The molecule has 0 aliphatic carbocycles. The summed E-state index contributed by atoms with van der Waals surface area (Å²) >= 11 is 0. The molecule has 2 saturated heterocycles. The van der Waals surface area contributed by atoms with Gasteiger partial charge in [0.1, 0.15) is 11.6 Å². The average molecular weight is 974 g/mol. The molecule has 4 aromatic rings. The lowest BCUT2D eigenvalue weighted by Gasteiger charge is -2.36. The highest BCUT2D eigenvalue weighted by atomic mass is 32.2. The zero-order valence-electron chi connectivity index (χ0n) is 38.2. The Morgan fingerprint density at radius 3 is 2.36 bits per heavy atom. The molecule has 0 bridgehead atoms. The van der Waals surface area contributed by atoms with E-state index in [1.165, 1.54) is 25.2 Å². The van der Waals surface area contributed by atoms with Crippen molar-refractivity contribution in [3.8, 4) is 0 Å². The number of halogens is 3. The molecule has 0 radical (unpaired) electrons. The number of benzene rings is 3. The normalized spacial score (nSPS) is 16.7. The van der Waals surface area contributed by atoms with Crippen LogP contribution in [-0.4, -0.2) is 129 Å². The van der Waals surface area contributed by atoms with Crippen LogP contribution in [0.3, 0.4) is 0 Å². The first kappa shape index (κ1) is 50.0. The molecular weight excluding hydrogens is 920 g/mol. The Balaban J connectivity index is 0.776. The number of piperazine rings is 1. The Hall–Kier alpha value is -6.94. The van der Waals surface area contributed by atoms with Crippen LogP contribution in [0.2, 0.25) is 0 Å². The van der Waals surface area contributed by atoms with Gasteiger partial charge in [-0.25, -0.2) is 18.4 Å². The fourth-order valence-electron chi connectivity index (χ4n) is 8.34. The van der Waals surface area contributed by atoms with E-state index in [2.05, 4.69) is 46.0 Å². The quantitative estimate of drug-likeness (QED) is 0.0491. The number of carbonyl (C=O) groups is 5. The predicted molar refractivity (Wildman–Crippen MR) is 255 cm³/mol. The van der Waals surface area contributed by atoms with Crippen LogP contribution in [0.25, 0.3) is 0 Å². The lowest BCUT2D eigenvalue weighted by Crippen LogP contribution is -2.54. The van der Waals surface area contributed by atoms with Gasteiger partial charge in [-0.1, -0.05) is 43.5 Å². The Morgan fingerprint density at radius 2 is 1.64 bits per heavy atom. The number of nitrogens with one attached hydrogen (secondary N) is 4. The van der Waals surface area contributed by atoms with Gasteiger partial charge in [0.05, 0.1) is 23.1 Å². The van der Waals surface area contributed by atoms with E-state index in [4.69, 9.17) is 0 Å². The van der Waals surface area contributed by atoms with Gasteiger partial charge in [0.2, 0.25) is 33.7 Å². The number of para-hydroxylation sites is 1. The molecule has 1 atom stereocenters. The van der Waals surface area contributed by atoms with Gasteiger partial charge < -0.3 is 20.9 Å². The summed E-state index contributed by atoms with van der Waals surface area (Å²) in [7, 11) is -2.31. The summed E-state index contributed by atoms with van der Waals surface area (Å²) in [6.07, 6.45) is 3.37. The first-order chi connectivity index (χ1) is 33.0. The number of imide groups is 2. The van der Waals surface area contributed by atoms with Gasteiger partial charge in [-0.3, -0.25) is 43.4 Å². The Bertz CT molecular complexity index is 2700. The molecule has 4 heterocycles. The number of hydrogen-bond donors (Lipinski definition) is 4. The van der Waals surface area contributed by atoms with Crippen molar-refractivity contribution in [2.24, 2.45) is 4.99 Å². The Labute approximate surface area is 397 Å². The van der Waals surface area contributed by atoms with E-state index in [0.717, 1.165) is 92.2 Å². The van der Waals surface area contributed by atoms with Crippen LogP contribution in [0.5, 0.6) is 0 Å². The van der Waals surface area contributed by atoms with Gasteiger partial charge in [0.25, 0.3) is 11.8 Å². The van der Waals surface area contributed by atoms with Crippen molar-refractivity contribution >= 4 is 80.3 Å². The minimum atomic E-state index is -4.79. The molecule has 7 rings (SSSR count). The molecule has 18 nitrogen and oxygen atoms in total. The standard InChI is InChI=1S/C47H54F3N11O7S/c1-58(69(2,67)68)37-14-8-7-11-31(37)29-53-42-35(47(48,49)50)30-54-46(57-42)55-32-16-18-33(19-17-32)60-27-25-59(26-28-60)24-9-5-3-4-6-15-39(62)52-23-22-51-36-13-10-12-34-41(36)45(66)61(44(34)65)38-20-21-40(63)56-43(38)64/h7-8,10-14,16-19,29-30,38,51H,3-6,9,15,20-28H2,1-2H3,(H,52,62)(H,54,55,57)(H,56,63,64). The van der Waals surface area contributed by atoms with E-state index in [0.29, 0.717) is 37.1 Å². The number of amides is 5. The number of alkyl halides is 3. The van der Waals surface area contributed by atoms with Crippen LogP contribution in [0.15, 0.2) is 77.9 Å². The molecule has 3 aromatic carbocycles. The van der Waals surface area contributed by atoms with Gasteiger partial charge >= 0.3 is 6.18 Å². The van der Waals surface area contributed by atoms with E-state index >= 15 is 0 Å². The van der Waals surface area contributed by atoms with E-state index in [9.17, 15) is 45.6 Å². The SMILES string of the molecule is CN(c1ccccc1C=Nc1nc(Nc2ccc(N3CCN(CCCCCCCC(=O)NCCNc4cccc5c4C(=O)N(C4CCC(=O)NC4=O)C5=O)CC3)cc2)ncc1C(F)(F)F)S(C)(=O)=O. The topological polar surface area (TPSA) is 219 Å². The summed E-state index contributed by atoms with van der Waals surface area (Å²) in [5.41, 5.74) is 1.73. The maximum absolute atomic E-state index is 13.9. The molecule has 3 aliphatic rings. The van der Waals surface area contributed by atoms with E-state index in [-0.39, 0.29) is 47.1 Å². The molecule has 22 heteroatoms. The summed E-state index contributed by atoms with van der Waals surface area (Å²) in [5.74, 6) is -3.08. The summed E-state index contributed by atoms with van der Waals surface area (Å²) in [6.45, 7) is 5.07. The average Bonchev–Trinajstić information content (AvgIpc) is 3.57. The molecule has 366 valence electrons. The number of hydrogen-bond acceptors (Lipinski definition) is 14. The highest BCUT2D eigenvalue weighted by Crippen LogP contribution is 2.36. The molecule has 4 N–H and O–H groups in total. The smallest absolute Gasteiger partial charge is 0.383 e. The molecule has 69 heavy (non-hydrogen) atoms. The summed E-state index contributed by atoms with van der Waals surface area (Å²) in [6, 6.07) is 17.5. The van der Waals surface area contributed by atoms with E-state index in [1.54, 1.807) is 36.4 Å². The monoisotopic (exact) mass is 973 g/mol. The number of carbonyl (C=O) groups excluding carboxylic acids is 5. The second kappa shape index (κ2) is 22.0.